The van der Waals surface area contributed by atoms with Gasteiger partial charge in [0.05, 0.1) is 35.7 Å². The molecule has 4 rings (SSSR count). The highest BCUT2D eigenvalue weighted by Crippen LogP contribution is 2.34. The van der Waals surface area contributed by atoms with Crippen molar-refractivity contribution < 1.29 is 4.79 Å². The Morgan fingerprint density at radius 3 is 2.78 bits per heavy atom. The van der Waals surface area contributed by atoms with Gasteiger partial charge in [-0.25, -0.2) is 9.78 Å². The maximum absolute atomic E-state index is 12.7. The average molecular weight is 372 g/mol. The van der Waals surface area contributed by atoms with Crippen LogP contribution >= 0.6 is 35.6 Å². The molecule has 1 aliphatic heterocycles. The highest BCUT2D eigenvalue weighted by Gasteiger charge is 2.30. The molecule has 3 aromatic rings. The lowest BCUT2D eigenvalue weighted by Gasteiger charge is -2.14. The Balaban J connectivity index is 0.00000156. The summed E-state index contributed by atoms with van der Waals surface area (Å²) in [7, 11) is 0. The van der Waals surface area contributed by atoms with Gasteiger partial charge in [0.2, 0.25) is 0 Å². The van der Waals surface area contributed by atoms with E-state index < -0.39 is 0 Å². The predicted molar refractivity (Wildman–Crippen MR) is 92.6 cm³/mol. The van der Waals surface area contributed by atoms with E-state index in [-0.39, 0.29) is 18.4 Å². The molecule has 5 nitrogen and oxygen atoms in total. The van der Waals surface area contributed by atoms with Crippen molar-refractivity contribution in [2.45, 2.75) is 20.0 Å². The molecule has 120 valence electrons. The van der Waals surface area contributed by atoms with E-state index in [1.807, 2.05) is 13.0 Å². The molecule has 0 bridgehead atoms. The minimum Gasteiger partial charge on any atom is -0.348 e. The first-order valence-corrected chi connectivity index (χ1v) is 7.57. The highest BCUT2D eigenvalue weighted by atomic mass is 35.5. The number of halogens is 3. The minimum absolute atomic E-state index is 0. The number of hydrogen-bond acceptors (Lipinski definition) is 2. The number of H-pyrrole nitrogens is 1. The van der Waals surface area contributed by atoms with Gasteiger partial charge in [0.1, 0.15) is 0 Å². The quantitative estimate of drug-likeness (QED) is 0.726. The molecule has 0 aliphatic carbocycles. The summed E-state index contributed by atoms with van der Waals surface area (Å²) in [5, 5.41) is 1.93. The van der Waals surface area contributed by atoms with Crippen LogP contribution in [0.15, 0.2) is 24.5 Å². The molecule has 2 aromatic heterocycles. The number of rotatable bonds is 2. The van der Waals surface area contributed by atoms with Crippen molar-refractivity contribution >= 4 is 52.5 Å². The van der Waals surface area contributed by atoms with E-state index >= 15 is 0 Å². The number of nitrogens with zero attached hydrogens (tertiary/aromatic N) is 3. The van der Waals surface area contributed by atoms with Gasteiger partial charge >= 0.3 is 6.03 Å². The normalized spacial score (nSPS) is 13.5. The van der Waals surface area contributed by atoms with Crippen LogP contribution in [0.4, 0.5) is 4.79 Å². The molecule has 0 spiro atoms. The summed E-state index contributed by atoms with van der Waals surface area (Å²) in [6.45, 7) is 2.96. The molecule has 1 amide bonds. The van der Waals surface area contributed by atoms with Gasteiger partial charge in [0.25, 0.3) is 0 Å². The lowest BCUT2D eigenvalue weighted by molar-refractivity contribution is 0.207. The molecular formula is C15H13Cl3N4O. The van der Waals surface area contributed by atoms with Crippen molar-refractivity contribution in [1.29, 1.82) is 0 Å². The topological polar surface area (TPSA) is 53.9 Å². The van der Waals surface area contributed by atoms with Gasteiger partial charge in [0, 0.05) is 21.8 Å². The molecule has 3 heterocycles. The van der Waals surface area contributed by atoms with Crippen molar-refractivity contribution in [3.63, 3.8) is 0 Å². The van der Waals surface area contributed by atoms with Gasteiger partial charge in [-0.3, -0.25) is 4.57 Å². The van der Waals surface area contributed by atoms with E-state index in [0.29, 0.717) is 23.1 Å². The predicted octanol–water partition coefficient (Wildman–Crippen LogP) is 4.39. The molecule has 1 N–H and O–H groups in total. The van der Waals surface area contributed by atoms with Crippen molar-refractivity contribution in [3.8, 4) is 0 Å². The Labute approximate surface area is 148 Å². The number of hydrogen-bond donors (Lipinski definition) is 1. The van der Waals surface area contributed by atoms with E-state index in [1.165, 1.54) is 0 Å². The monoisotopic (exact) mass is 370 g/mol. The van der Waals surface area contributed by atoms with Crippen molar-refractivity contribution in [2.75, 3.05) is 0 Å². The molecule has 23 heavy (non-hydrogen) atoms. The standard InChI is InChI=1S/C15H12Cl2N4O.ClH/c1-8-13(19-7-18-8)6-20-5-10-4-11-12(17)2-9(16)3-14(11)21(10)15(20)22;/h2-4,7H,5-6H2,1H3,(H,18,19);1H. The van der Waals surface area contributed by atoms with Crippen LogP contribution in [0, 0.1) is 6.92 Å². The van der Waals surface area contributed by atoms with Crippen LogP contribution in [0.1, 0.15) is 17.1 Å². The molecule has 0 atom stereocenters. The third kappa shape index (κ3) is 2.49. The summed E-state index contributed by atoms with van der Waals surface area (Å²) < 4.78 is 1.68. The Morgan fingerprint density at radius 2 is 2.09 bits per heavy atom. The Morgan fingerprint density at radius 1 is 1.30 bits per heavy atom. The number of amides is 1. The summed E-state index contributed by atoms with van der Waals surface area (Å²) in [5.41, 5.74) is 3.51. The molecule has 0 unspecified atom stereocenters. The zero-order valence-corrected chi connectivity index (χ0v) is 14.5. The van der Waals surface area contributed by atoms with E-state index in [9.17, 15) is 4.79 Å². The summed E-state index contributed by atoms with van der Waals surface area (Å²) in [5.74, 6) is 0. The van der Waals surface area contributed by atoms with E-state index in [2.05, 4.69) is 9.97 Å². The number of imidazole rings is 1. The summed E-state index contributed by atoms with van der Waals surface area (Å²) in [4.78, 5) is 21.7. The second-order valence-electron chi connectivity index (χ2n) is 5.40. The number of aryl methyl sites for hydroxylation is 1. The third-order valence-electron chi connectivity index (χ3n) is 4.00. The first-order chi connectivity index (χ1) is 10.5. The maximum Gasteiger partial charge on any atom is 0.329 e. The second-order valence-corrected chi connectivity index (χ2v) is 6.25. The molecule has 0 radical (unpaired) electrons. The van der Waals surface area contributed by atoms with Crippen LogP contribution in [0.25, 0.3) is 10.9 Å². The van der Waals surface area contributed by atoms with Crippen LogP contribution in [-0.4, -0.2) is 25.5 Å². The second kappa shape index (κ2) is 5.74. The molecular weight excluding hydrogens is 359 g/mol. The van der Waals surface area contributed by atoms with E-state index in [4.69, 9.17) is 23.2 Å². The van der Waals surface area contributed by atoms with Crippen LogP contribution in [0.3, 0.4) is 0 Å². The zero-order valence-electron chi connectivity index (χ0n) is 12.1. The van der Waals surface area contributed by atoms with Gasteiger partial charge in [-0.15, -0.1) is 12.4 Å². The first-order valence-electron chi connectivity index (χ1n) is 6.82. The lowest BCUT2D eigenvalue weighted by Crippen LogP contribution is -2.26. The van der Waals surface area contributed by atoms with Crippen LogP contribution in [0.2, 0.25) is 10.0 Å². The largest absolute Gasteiger partial charge is 0.348 e. The number of carbonyl (C=O) groups is 1. The van der Waals surface area contributed by atoms with Crippen molar-refractivity contribution in [3.05, 3.63) is 51.7 Å². The first kappa shape index (κ1) is 16.2. The fraction of sp³-hybridized carbons (Fsp3) is 0.200. The molecule has 0 saturated heterocycles. The average Bonchev–Trinajstić information content (AvgIpc) is 3.09. The van der Waals surface area contributed by atoms with Gasteiger partial charge < -0.3 is 9.88 Å². The third-order valence-corrected chi connectivity index (χ3v) is 4.53. The van der Waals surface area contributed by atoms with Crippen molar-refractivity contribution in [2.24, 2.45) is 0 Å². The Hall–Kier alpha value is -1.69. The Kier molecular flexibility index (Phi) is 4.04. The Bertz CT molecular complexity index is 915. The highest BCUT2D eigenvalue weighted by molar-refractivity contribution is 6.38. The minimum atomic E-state index is -0.0780. The SMILES string of the molecule is Cc1[nH]cnc1CN1Cc2cc3c(Cl)cc(Cl)cc3n2C1=O.Cl. The molecule has 0 saturated carbocycles. The molecule has 0 fully saturated rings. The van der Waals surface area contributed by atoms with Crippen LogP contribution in [-0.2, 0) is 13.1 Å². The van der Waals surface area contributed by atoms with Crippen LogP contribution < -0.4 is 0 Å². The number of benzene rings is 1. The van der Waals surface area contributed by atoms with Crippen LogP contribution in [0.5, 0.6) is 0 Å². The summed E-state index contributed by atoms with van der Waals surface area (Å²) >= 11 is 12.3. The fourth-order valence-electron chi connectivity index (χ4n) is 2.88. The lowest BCUT2D eigenvalue weighted by atomic mass is 10.2. The number of aromatic nitrogens is 3. The smallest absolute Gasteiger partial charge is 0.329 e. The number of nitrogens with one attached hydrogen (secondary N) is 1. The van der Waals surface area contributed by atoms with Gasteiger partial charge in [-0.2, -0.15) is 0 Å². The fourth-order valence-corrected chi connectivity index (χ4v) is 3.42. The van der Waals surface area contributed by atoms with Gasteiger partial charge in [0.15, 0.2) is 0 Å². The van der Waals surface area contributed by atoms with E-state index in [0.717, 1.165) is 28.0 Å². The van der Waals surface area contributed by atoms with E-state index in [1.54, 1.807) is 27.9 Å². The summed E-state index contributed by atoms with van der Waals surface area (Å²) in [6, 6.07) is 5.33. The van der Waals surface area contributed by atoms with Crippen molar-refractivity contribution in [1.82, 2.24) is 19.4 Å². The number of carbonyl (C=O) groups excluding carboxylic acids is 1. The molecule has 1 aliphatic rings. The van der Waals surface area contributed by atoms with Gasteiger partial charge in [-0.1, -0.05) is 23.2 Å². The van der Waals surface area contributed by atoms with Gasteiger partial charge in [-0.05, 0) is 25.1 Å². The zero-order chi connectivity index (χ0) is 15.4. The number of fused-ring (bicyclic) bond motifs is 3. The number of aromatic amines is 1. The maximum atomic E-state index is 12.7. The molecule has 8 heteroatoms. The summed E-state index contributed by atoms with van der Waals surface area (Å²) in [6.07, 6.45) is 1.64. The molecule has 1 aromatic carbocycles.